The van der Waals surface area contributed by atoms with Crippen LogP contribution in [-0.2, 0) is 6.54 Å². The summed E-state index contributed by atoms with van der Waals surface area (Å²) in [6.45, 7) is -0.630. The van der Waals surface area contributed by atoms with Crippen molar-refractivity contribution in [3.8, 4) is 5.75 Å². The zero-order valence-corrected chi connectivity index (χ0v) is 12.5. The number of nitrogens with zero attached hydrogens (tertiary/aromatic N) is 1. The van der Waals surface area contributed by atoms with E-state index < -0.39 is 6.61 Å². The first-order valence-electron chi connectivity index (χ1n) is 6.26. The fourth-order valence-electron chi connectivity index (χ4n) is 2.36. The van der Waals surface area contributed by atoms with Gasteiger partial charge in [-0.2, -0.15) is 8.78 Å². The summed E-state index contributed by atoms with van der Waals surface area (Å²) in [5.41, 5.74) is 6.58. The third kappa shape index (κ3) is 5.05. The summed E-state index contributed by atoms with van der Waals surface area (Å²) in [7, 11) is 0. The van der Waals surface area contributed by atoms with Crippen LogP contribution in [-0.4, -0.2) is 30.6 Å². The maximum absolute atomic E-state index is 12.4. The summed E-state index contributed by atoms with van der Waals surface area (Å²) in [4.78, 5) is 2.14. The van der Waals surface area contributed by atoms with Gasteiger partial charge in [0.2, 0.25) is 0 Å². The lowest BCUT2D eigenvalue weighted by atomic mass is 10.1. The van der Waals surface area contributed by atoms with Crippen molar-refractivity contribution in [2.75, 3.05) is 13.1 Å². The maximum atomic E-state index is 12.4. The highest BCUT2D eigenvalue weighted by molar-refractivity contribution is 6.30. The zero-order valence-electron chi connectivity index (χ0n) is 10.9. The summed E-state index contributed by atoms with van der Waals surface area (Å²) < 4.78 is 29.2. The van der Waals surface area contributed by atoms with Gasteiger partial charge < -0.3 is 10.5 Å². The number of hydrogen-bond donors (Lipinski definition) is 1. The third-order valence-electron chi connectivity index (χ3n) is 3.17. The van der Waals surface area contributed by atoms with E-state index in [1.165, 1.54) is 6.07 Å². The lowest BCUT2D eigenvalue weighted by Gasteiger charge is -2.31. The van der Waals surface area contributed by atoms with Crippen LogP contribution in [0.25, 0.3) is 0 Å². The minimum absolute atomic E-state index is 0. The SMILES string of the molecule is Cl.NC1CCCN(Cc2cc(Cl)ccc2OC(F)F)C1. The van der Waals surface area contributed by atoms with Gasteiger partial charge in [0, 0.05) is 29.7 Å². The first-order valence-corrected chi connectivity index (χ1v) is 6.63. The lowest BCUT2D eigenvalue weighted by molar-refractivity contribution is -0.0508. The van der Waals surface area contributed by atoms with Crippen LogP contribution in [0.2, 0.25) is 5.02 Å². The lowest BCUT2D eigenvalue weighted by Crippen LogP contribution is -2.42. The van der Waals surface area contributed by atoms with Gasteiger partial charge >= 0.3 is 6.61 Å². The smallest absolute Gasteiger partial charge is 0.387 e. The molecule has 0 bridgehead atoms. The molecule has 0 saturated carbocycles. The normalized spacial score (nSPS) is 19.8. The Morgan fingerprint density at radius 3 is 2.85 bits per heavy atom. The number of benzene rings is 1. The molecule has 1 heterocycles. The van der Waals surface area contributed by atoms with Crippen molar-refractivity contribution >= 4 is 24.0 Å². The molecule has 1 aliphatic rings. The van der Waals surface area contributed by atoms with Gasteiger partial charge in [-0.1, -0.05) is 11.6 Å². The van der Waals surface area contributed by atoms with E-state index >= 15 is 0 Å². The highest BCUT2D eigenvalue weighted by Gasteiger charge is 2.19. The topological polar surface area (TPSA) is 38.5 Å². The average molecular weight is 327 g/mol. The van der Waals surface area contributed by atoms with Crippen LogP contribution in [0.1, 0.15) is 18.4 Å². The second-order valence-electron chi connectivity index (χ2n) is 4.77. The molecule has 114 valence electrons. The van der Waals surface area contributed by atoms with Gasteiger partial charge in [0.25, 0.3) is 0 Å². The number of likely N-dealkylation sites (tertiary alicyclic amines) is 1. The van der Waals surface area contributed by atoms with Crippen LogP contribution in [0, 0.1) is 0 Å². The van der Waals surface area contributed by atoms with Gasteiger partial charge in [-0.25, -0.2) is 0 Å². The second kappa shape index (κ2) is 7.98. The van der Waals surface area contributed by atoms with Crippen LogP contribution >= 0.6 is 24.0 Å². The number of rotatable bonds is 4. The van der Waals surface area contributed by atoms with Crippen molar-refractivity contribution < 1.29 is 13.5 Å². The van der Waals surface area contributed by atoms with Crippen molar-refractivity contribution in [3.63, 3.8) is 0 Å². The van der Waals surface area contributed by atoms with Crippen molar-refractivity contribution in [2.45, 2.75) is 32.0 Å². The van der Waals surface area contributed by atoms with E-state index in [1.807, 2.05) is 0 Å². The van der Waals surface area contributed by atoms with Gasteiger partial charge in [0.05, 0.1) is 0 Å². The van der Waals surface area contributed by atoms with E-state index in [4.69, 9.17) is 17.3 Å². The fourth-order valence-corrected chi connectivity index (χ4v) is 2.55. The number of alkyl halides is 2. The first-order chi connectivity index (χ1) is 9.04. The molecule has 0 spiro atoms. The van der Waals surface area contributed by atoms with E-state index in [-0.39, 0.29) is 24.2 Å². The average Bonchev–Trinajstić information content (AvgIpc) is 2.32. The molecule has 1 unspecified atom stereocenters. The minimum Gasteiger partial charge on any atom is -0.434 e. The van der Waals surface area contributed by atoms with Crippen LogP contribution in [0.15, 0.2) is 18.2 Å². The van der Waals surface area contributed by atoms with E-state index in [0.717, 1.165) is 25.9 Å². The number of nitrogens with two attached hydrogens (primary N) is 1. The summed E-state index contributed by atoms with van der Waals surface area (Å²) >= 11 is 5.91. The standard InChI is InChI=1S/C13H17ClF2N2O.ClH/c14-10-3-4-12(19-13(15)16)9(6-10)7-18-5-1-2-11(17)8-18;/h3-4,6,11,13H,1-2,5,7-8,17H2;1H. The monoisotopic (exact) mass is 326 g/mol. The van der Waals surface area contributed by atoms with Crippen LogP contribution in [0.5, 0.6) is 5.75 Å². The zero-order chi connectivity index (χ0) is 13.8. The molecule has 1 saturated heterocycles. The molecule has 1 aliphatic heterocycles. The summed E-state index contributed by atoms with van der Waals surface area (Å²) in [6.07, 6.45) is 2.03. The Morgan fingerprint density at radius 1 is 1.45 bits per heavy atom. The Morgan fingerprint density at radius 2 is 2.20 bits per heavy atom. The van der Waals surface area contributed by atoms with Crippen molar-refractivity contribution in [1.29, 1.82) is 0 Å². The second-order valence-corrected chi connectivity index (χ2v) is 5.20. The Bertz CT molecular complexity index is 435. The molecule has 1 atom stereocenters. The predicted molar refractivity (Wildman–Crippen MR) is 77.8 cm³/mol. The predicted octanol–water partition coefficient (Wildman–Crippen LogP) is 3.29. The van der Waals surface area contributed by atoms with Gasteiger partial charge in [0.15, 0.2) is 0 Å². The number of piperidine rings is 1. The van der Waals surface area contributed by atoms with Crippen LogP contribution in [0.3, 0.4) is 0 Å². The van der Waals surface area contributed by atoms with Crippen molar-refractivity contribution in [1.82, 2.24) is 4.90 Å². The van der Waals surface area contributed by atoms with Gasteiger partial charge in [0.1, 0.15) is 5.75 Å². The van der Waals surface area contributed by atoms with E-state index in [0.29, 0.717) is 17.1 Å². The molecule has 2 rings (SSSR count). The molecule has 0 radical (unpaired) electrons. The van der Waals surface area contributed by atoms with Crippen LogP contribution in [0.4, 0.5) is 8.78 Å². The van der Waals surface area contributed by atoms with Crippen molar-refractivity contribution in [3.05, 3.63) is 28.8 Å². The number of hydrogen-bond acceptors (Lipinski definition) is 3. The number of ether oxygens (including phenoxy) is 1. The largest absolute Gasteiger partial charge is 0.434 e. The molecular weight excluding hydrogens is 309 g/mol. The minimum atomic E-state index is -2.83. The Hall–Kier alpha value is -0.620. The van der Waals surface area contributed by atoms with Gasteiger partial charge in [-0.3, -0.25) is 4.90 Å². The molecule has 3 nitrogen and oxygen atoms in total. The molecular formula is C13H18Cl2F2N2O. The van der Waals surface area contributed by atoms with Gasteiger partial charge in [-0.05, 0) is 37.6 Å². The number of halogens is 4. The Kier molecular flexibility index (Phi) is 6.95. The molecule has 0 amide bonds. The molecule has 20 heavy (non-hydrogen) atoms. The van der Waals surface area contributed by atoms with E-state index in [9.17, 15) is 8.78 Å². The summed E-state index contributed by atoms with van der Waals surface area (Å²) in [5.74, 6) is 0.179. The molecule has 2 N–H and O–H groups in total. The molecule has 1 fully saturated rings. The highest BCUT2D eigenvalue weighted by Crippen LogP contribution is 2.26. The Labute approximate surface area is 128 Å². The molecule has 7 heteroatoms. The fraction of sp³-hybridized carbons (Fsp3) is 0.538. The van der Waals surface area contributed by atoms with E-state index in [2.05, 4.69) is 9.64 Å². The Balaban J connectivity index is 0.00000200. The third-order valence-corrected chi connectivity index (χ3v) is 3.41. The van der Waals surface area contributed by atoms with Gasteiger partial charge in [-0.15, -0.1) is 12.4 Å². The first kappa shape index (κ1) is 17.4. The highest BCUT2D eigenvalue weighted by atomic mass is 35.5. The summed E-state index contributed by atoms with van der Waals surface area (Å²) in [6, 6.07) is 4.84. The quantitative estimate of drug-likeness (QED) is 0.922. The molecule has 0 aromatic heterocycles. The van der Waals surface area contributed by atoms with Crippen LogP contribution < -0.4 is 10.5 Å². The van der Waals surface area contributed by atoms with Crippen molar-refractivity contribution in [2.24, 2.45) is 5.73 Å². The molecule has 1 aromatic carbocycles. The molecule has 1 aromatic rings. The molecule has 0 aliphatic carbocycles. The maximum Gasteiger partial charge on any atom is 0.387 e. The van der Waals surface area contributed by atoms with E-state index in [1.54, 1.807) is 12.1 Å². The summed E-state index contributed by atoms with van der Waals surface area (Å²) in [5, 5.41) is 0.512.